The number of fused-ring (bicyclic) bond motifs is 1. The predicted molar refractivity (Wildman–Crippen MR) is 115 cm³/mol. The number of furan rings is 1. The molecule has 0 saturated carbocycles. The van der Waals surface area contributed by atoms with Crippen molar-refractivity contribution >= 4 is 45.8 Å². The molecule has 0 atom stereocenters. The van der Waals surface area contributed by atoms with Crippen LogP contribution in [0.3, 0.4) is 0 Å². The lowest BCUT2D eigenvalue weighted by atomic mass is 10.1. The number of amides is 2. The van der Waals surface area contributed by atoms with E-state index < -0.39 is 35.1 Å². The van der Waals surface area contributed by atoms with Gasteiger partial charge in [0.15, 0.2) is 5.76 Å². The van der Waals surface area contributed by atoms with E-state index in [9.17, 15) is 27.2 Å². The maximum absolute atomic E-state index is 13.8. The van der Waals surface area contributed by atoms with Gasteiger partial charge in [-0.1, -0.05) is 23.7 Å². The van der Waals surface area contributed by atoms with Crippen LogP contribution >= 0.6 is 11.6 Å². The van der Waals surface area contributed by atoms with Crippen molar-refractivity contribution in [1.29, 1.82) is 0 Å². The molecule has 0 spiro atoms. The molecule has 0 radical (unpaired) electrons. The second kappa shape index (κ2) is 8.59. The predicted octanol–water partition coefficient (Wildman–Crippen LogP) is 6.75. The molecule has 1 heterocycles. The van der Waals surface area contributed by atoms with Crippen LogP contribution in [0, 0.1) is 5.82 Å². The molecule has 168 valence electrons. The van der Waals surface area contributed by atoms with Gasteiger partial charge in [-0.15, -0.1) is 0 Å². The zero-order valence-corrected chi connectivity index (χ0v) is 17.2. The molecule has 1 aromatic heterocycles. The van der Waals surface area contributed by atoms with E-state index in [2.05, 4.69) is 10.6 Å². The van der Waals surface area contributed by atoms with Gasteiger partial charge >= 0.3 is 6.18 Å². The number of alkyl halides is 3. The van der Waals surface area contributed by atoms with Crippen LogP contribution in [-0.2, 0) is 6.18 Å². The van der Waals surface area contributed by atoms with Crippen molar-refractivity contribution in [3.8, 4) is 0 Å². The molecule has 0 aliphatic rings. The molecule has 0 aliphatic carbocycles. The fourth-order valence-corrected chi connectivity index (χ4v) is 3.30. The Morgan fingerprint density at radius 3 is 2.36 bits per heavy atom. The highest BCUT2D eigenvalue weighted by molar-refractivity contribution is 6.31. The van der Waals surface area contributed by atoms with Gasteiger partial charge < -0.3 is 15.1 Å². The number of carbonyl (C=O) groups excluding carboxylic acids is 2. The summed E-state index contributed by atoms with van der Waals surface area (Å²) in [6.07, 6.45) is -4.86. The highest BCUT2D eigenvalue weighted by Crippen LogP contribution is 2.37. The molecule has 0 unspecified atom stereocenters. The molecular formula is C23H13ClF4N2O3. The quantitative estimate of drug-likeness (QED) is 0.320. The summed E-state index contributed by atoms with van der Waals surface area (Å²) < 4.78 is 60.1. The van der Waals surface area contributed by atoms with E-state index in [-0.39, 0.29) is 17.0 Å². The fraction of sp³-hybridized carbons (Fsp3) is 0.0435. The van der Waals surface area contributed by atoms with Crippen molar-refractivity contribution in [2.24, 2.45) is 0 Å². The van der Waals surface area contributed by atoms with Gasteiger partial charge in [-0.25, -0.2) is 4.39 Å². The highest BCUT2D eigenvalue weighted by Gasteiger charge is 2.35. The molecule has 4 aromatic rings. The third-order valence-corrected chi connectivity index (χ3v) is 4.89. The number of halogens is 5. The number of nitrogens with one attached hydrogen (secondary N) is 2. The molecule has 4 rings (SSSR count). The summed E-state index contributed by atoms with van der Waals surface area (Å²) in [5.74, 6) is -2.85. The second-order valence-electron chi connectivity index (χ2n) is 6.94. The molecule has 0 saturated heterocycles. The Kier molecular flexibility index (Phi) is 5.82. The smallest absolute Gasteiger partial charge is 0.418 e. The largest absolute Gasteiger partial charge is 0.451 e. The normalized spacial score (nSPS) is 11.4. The minimum atomic E-state index is -4.86. The van der Waals surface area contributed by atoms with Gasteiger partial charge in [-0.05, 0) is 54.6 Å². The van der Waals surface area contributed by atoms with E-state index in [4.69, 9.17) is 16.0 Å². The van der Waals surface area contributed by atoms with Gasteiger partial charge in [-0.2, -0.15) is 13.2 Å². The number of anilines is 2. The van der Waals surface area contributed by atoms with Gasteiger partial charge in [0.2, 0.25) is 0 Å². The molecule has 2 amide bonds. The topological polar surface area (TPSA) is 71.3 Å². The SMILES string of the molecule is O=C(Nc1ccc(NC(=O)c2ccccc2F)cc1C(F)(F)F)c1cc2cc(Cl)ccc2o1. The lowest BCUT2D eigenvalue weighted by Crippen LogP contribution is -2.18. The molecule has 5 nitrogen and oxygen atoms in total. The fourth-order valence-electron chi connectivity index (χ4n) is 3.12. The highest BCUT2D eigenvalue weighted by atomic mass is 35.5. The number of hydrogen-bond acceptors (Lipinski definition) is 3. The third kappa shape index (κ3) is 4.83. The van der Waals surface area contributed by atoms with Gasteiger partial charge in [-0.3, -0.25) is 9.59 Å². The van der Waals surface area contributed by atoms with Gasteiger partial charge in [0.05, 0.1) is 16.8 Å². The summed E-state index contributed by atoms with van der Waals surface area (Å²) >= 11 is 5.89. The van der Waals surface area contributed by atoms with Crippen LogP contribution in [0.2, 0.25) is 5.02 Å². The van der Waals surface area contributed by atoms with Gasteiger partial charge in [0.1, 0.15) is 11.4 Å². The number of hydrogen-bond donors (Lipinski definition) is 2. The molecule has 2 N–H and O–H groups in total. The minimum Gasteiger partial charge on any atom is -0.451 e. The van der Waals surface area contributed by atoms with Crippen molar-refractivity contribution in [2.45, 2.75) is 6.18 Å². The summed E-state index contributed by atoms with van der Waals surface area (Å²) in [6.45, 7) is 0. The Morgan fingerprint density at radius 2 is 1.64 bits per heavy atom. The molecule has 0 aliphatic heterocycles. The first-order valence-electron chi connectivity index (χ1n) is 9.39. The summed E-state index contributed by atoms with van der Waals surface area (Å²) in [4.78, 5) is 24.7. The Labute approximate surface area is 189 Å². The van der Waals surface area contributed by atoms with E-state index in [1.54, 1.807) is 12.1 Å². The average Bonchev–Trinajstić information content (AvgIpc) is 3.17. The Balaban J connectivity index is 1.60. The van der Waals surface area contributed by atoms with Crippen LogP contribution in [0.4, 0.5) is 28.9 Å². The third-order valence-electron chi connectivity index (χ3n) is 4.65. The zero-order valence-electron chi connectivity index (χ0n) is 16.5. The summed E-state index contributed by atoms with van der Waals surface area (Å²) in [5, 5.41) is 5.31. The maximum Gasteiger partial charge on any atom is 0.418 e. The van der Waals surface area contributed by atoms with Gasteiger partial charge in [0.25, 0.3) is 11.8 Å². The first-order valence-corrected chi connectivity index (χ1v) is 9.77. The van der Waals surface area contributed by atoms with Crippen molar-refractivity contribution in [3.63, 3.8) is 0 Å². The molecule has 3 aromatic carbocycles. The Bertz CT molecular complexity index is 1380. The average molecular weight is 477 g/mol. The standard InChI is InChI=1S/C23H13ClF4N2O3/c24-13-5-8-19-12(9-13)10-20(33-19)22(32)30-18-7-6-14(11-16(18)23(26,27)28)29-21(31)15-3-1-2-4-17(15)25/h1-11H,(H,29,31)(H,30,32). The van der Waals surface area contributed by atoms with Crippen LogP contribution in [0.1, 0.15) is 26.5 Å². The number of rotatable bonds is 4. The van der Waals surface area contributed by atoms with Crippen LogP contribution in [-0.4, -0.2) is 11.8 Å². The monoisotopic (exact) mass is 476 g/mol. The summed E-state index contributed by atoms with van der Waals surface area (Å²) in [5.41, 5.74) is -1.97. The molecule has 33 heavy (non-hydrogen) atoms. The van der Waals surface area contributed by atoms with Crippen LogP contribution in [0.25, 0.3) is 11.0 Å². The van der Waals surface area contributed by atoms with Crippen molar-refractivity contribution in [3.05, 3.63) is 94.5 Å². The van der Waals surface area contributed by atoms with E-state index in [1.807, 2.05) is 0 Å². The van der Waals surface area contributed by atoms with E-state index in [0.29, 0.717) is 22.1 Å². The Morgan fingerprint density at radius 1 is 0.879 bits per heavy atom. The zero-order chi connectivity index (χ0) is 23.8. The van der Waals surface area contributed by atoms with Crippen molar-refractivity contribution < 1.29 is 31.6 Å². The van der Waals surface area contributed by atoms with Crippen molar-refractivity contribution in [2.75, 3.05) is 10.6 Å². The van der Waals surface area contributed by atoms with E-state index in [0.717, 1.165) is 18.2 Å². The second-order valence-corrected chi connectivity index (χ2v) is 7.38. The van der Waals surface area contributed by atoms with Crippen LogP contribution in [0.15, 0.2) is 71.1 Å². The first-order chi connectivity index (χ1) is 15.6. The lowest BCUT2D eigenvalue weighted by molar-refractivity contribution is -0.136. The molecular weight excluding hydrogens is 464 g/mol. The number of carbonyl (C=O) groups is 2. The maximum atomic E-state index is 13.8. The van der Waals surface area contributed by atoms with E-state index in [1.165, 1.54) is 30.3 Å². The van der Waals surface area contributed by atoms with Crippen LogP contribution in [0.5, 0.6) is 0 Å². The van der Waals surface area contributed by atoms with E-state index >= 15 is 0 Å². The molecule has 0 fully saturated rings. The summed E-state index contributed by atoms with van der Waals surface area (Å²) in [6, 6.07) is 13.8. The lowest BCUT2D eigenvalue weighted by Gasteiger charge is -2.15. The summed E-state index contributed by atoms with van der Waals surface area (Å²) in [7, 11) is 0. The van der Waals surface area contributed by atoms with Crippen molar-refractivity contribution in [1.82, 2.24) is 0 Å². The van der Waals surface area contributed by atoms with Crippen LogP contribution < -0.4 is 10.6 Å². The first kappa shape index (κ1) is 22.3. The van der Waals surface area contributed by atoms with Gasteiger partial charge in [0, 0.05) is 16.1 Å². The Hall–Kier alpha value is -3.85. The minimum absolute atomic E-state index is 0.211. The molecule has 10 heteroatoms. The molecule has 0 bridgehead atoms. The number of benzene rings is 3.